The average molecular weight is 262 g/mol. The van der Waals surface area contributed by atoms with Crippen molar-refractivity contribution in [2.24, 2.45) is 0 Å². The fourth-order valence-electron chi connectivity index (χ4n) is 2.73. The Labute approximate surface area is 114 Å². The minimum atomic E-state index is -0.143. The molecule has 0 aromatic heterocycles. The lowest BCUT2D eigenvalue weighted by Crippen LogP contribution is -2.36. The van der Waals surface area contributed by atoms with Crippen LogP contribution in [0.5, 0.6) is 5.75 Å². The van der Waals surface area contributed by atoms with Gasteiger partial charge in [0.15, 0.2) is 0 Å². The highest BCUT2D eigenvalue weighted by atomic mass is 16.5. The molecule has 104 valence electrons. The molecule has 2 rings (SSSR count). The first kappa shape index (κ1) is 13.7. The smallest absolute Gasteiger partial charge is 0.319 e. The second-order valence-corrected chi connectivity index (χ2v) is 5.24. The van der Waals surface area contributed by atoms with Gasteiger partial charge in [-0.3, -0.25) is 0 Å². The van der Waals surface area contributed by atoms with Crippen molar-refractivity contribution in [3.8, 4) is 5.75 Å². The number of methoxy groups -OCH3 is 1. The Morgan fingerprint density at radius 3 is 2.58 bits per heavy atom. The number of carbonyl (C=O) groups excluding carboxylic acids is 1. The Kier molecular flexibility index (Phi) is 4.30. The summed E-state index contributed by atoms with van der Waals surface area (Å²) in [5, 5.41) is 5.91. The molecule has 0 atom stereocenters. The molecule has 0 unspecified atom stereocenters. The van der Waals surface area contributed by atoms with E-state index in [4.69, 9.17) is 4.74 Å². The lowest BCUT2D eigenvalue weighted by molar-refractivity contribution is 0.248. The van der Waals surface area contributed by atoms with Gasteiger partial charge in [0.25, 0.3) is 0 Å². The normalized spacial score (nSPS) is 15.3. The largest absolute Gasteiger partial charge is 0.494 e. The fourth-order valence-corrected chi connectivity index (χ4v) is 2.73. The molecule has 1 saturated carbocycles. The van der Waals surface area contributed by atoms with E-state index in [1.54, 1.807) is 7.11 Å². The molecular formula is C15H22N2O2. The summed E-state index contributed by atoms with van der Waals surface area (Å²) >= 11 is 0. The molecule has 2 amide bonds. The molecule has 0 bridgehead atoms. The minimum absolute atomic E-state index is 0.143. The predicted octanol–water partition coefficient (Wildman–Crippen LogP) is 3.38. The Morgan fingerprint density at radius 2 is 1.95 bits per heavy atom. The molecule has 0 radical (unpaired) electrons. The third-order valence-electron chi connectivity index (χ3n) is 3.56. The number of carbonyl (C=O) groups is 1. The number of hydrogen-bond donors (Lipinski definition) is 2. The first-order chi connectivity index (χ1) is 9.10. The summed E-state index contributed by atoms with van der Waals surface area (Å²) in [6.07, 6.45) is 4.57. The summed E-state index contributed by atoms with van der Waals surface area (Å²) in [6, 6.07) is 4.14. The van der Waals surface area contributed by atoms with Gasteiger partial charge in [0.2, 0.25) is 0 Å². The van der Waals surface area contributed by atoms with Crippen LogP contribution in [0.15, 0.2) is 12.1 Å². The molecule has 19 heavy (non-hydrogen) atoms. The Morgan fingerprint density at radius 1 is 1.26 bits per heavy atom. The van der Waals surface area contributed by atoms with Gasteiger partial charge in [-0.2, -0.15) is 0 Å². The van der Waals surface area contributed by atoms with Crippen LogP contribution in [0.3, 0.4) is 0 Å². The lowest BCUT2D eigenvalue weighted by atomic mass is 10.1. The average Bonchev–Trinajstić information content (AvgIpc) is 2.81. The van der Waals surface area contributed by atoms with Crippen LogP contribution in [0.2, 0.25) is 0 Å². The highest BCUT2D eigenvalue weighted by Gasteiger charge is 2.18. The van der Waals surface area contributed by atoms with Crippen LogP contribution in [0.1, 0.15) is 36.8 Å². The quantitative estimate of drug-likeness (QED) is 0.877. The Bertz CT molecular complexity index is 465. The number of aryl methyl sites for hydroxylation is 2. The van der Waals surface area contributed by atoms with Crippen molar-refractivity contribution in [2.75, 3.05) is 12.4 Å². The Balaban J connectivity index is 2.07. The Hall–Kier alpha value is -1.71. The van der Waals surface area contributed by atoms with E-state index in [1.165, 1.54) is 12.8 Å². The molecule has 4 nitrogen and oxygen atoms in total. The standard InChI is InChI=1S/C15H22N2O2/c1-10-8-11(2)14(19-3)13(9-10)17-15(18)16-12-6-4-5-7-12/h8-9,12H,4-7H2,1-3H3,(H2,16,17,18). The van der Waals surface area contributed by atoms with Crippen molar-refractivity contribution in [3.63, 3.8) is 0 Å². The number of ether oxygens (including phenoxy) is 1. The molecule has 1 aliphatic carbocycles. The number of rotatable bonds is 3. The zero-order valence-corrected chi connectivity index (χ0v) is 11.9. The summed E-state index contributed by atoms with van der Waals surface area (Å²) in [6.45, 7) is 3.98. The van der Waals surface area contributed by atoms with Gasteiger partial charge in [-0.25, -0.2) is 4.79 Å². The number of nitrogens with one attached hydrogen (secondary N) is 2. The molecule has 4 heteroatoms. The van der Waals surface area contributed by atoms with E-state index < -0.39 is 0 Å². The van der Waals surface area contributed by atoms with Gasteiger partial charge in [0, 0.05) is 6.04 Å². The summed E-state index contributed by atoms with van der Waals surface area (Å²) < 4.78 is 5.36. The van der Waals surface area contributed by atoms with Crippen LogP contribution >= 0.6 is 0 Å². The lowest BCUT2D eigenvalue weighted by Gasteiger charge is -2.16. The van der Waals surface area contributed by atoms with Gasteiger partial charge in [-0.1, -0.05) is 18.9 Å². The van der Waals surface area contributed by atoms with Crippen LogP contribution in [0.4, 0.5) is 10.5 Å². The summed E-state index contributed by atoms with van der Waals surface area (Å²) in [4.78, 5) is 12.0. The van der Waals surface area contributed by atoms with Crippen LogP contribution in [0, 0.1) is 13.8 Å². The predicted molar refractivity (Wildman–Crippen MR) is 76.9 cm³/mol. The first-order valence-electron chi connectivity index (χ1n) is 6.83. The molecule has 2 N–H and O–H groups in total. The van der Waals surface area contributed by atoms with Crippen molar-refractivity contribution in [1.29, 1.82) is 0 Å². The van der Waals surface area contributed by atoms with Gasteiger partial charge < -0.3 is 15.4 Å². The maximum Gasteiger partial charge on any atom is 0.319 e. The van der Waals surface area contributed by atoms with Gasteiger partial charge >= 0.3 is 6.03 Å². The highest BCUT2D eigenvalue weighted by Crippen LogP contribution is 2.29. The number of amides is 2. The summed E-state index contributed by atoms with van der Waals surface area (Å²) in [5.41, 5.74) is 2.86. The van der Waals surface area contributed by atoms with Crippen molar-refractivity contribution in [1.82, 2.24) is 5.32 Å². The van der Waals surface area contributed by atoms with E-state index in [0.29, 0.717) is 6.04 Å². The maximum atomic E-state index is 12.0. The van der Waals surface area contributed by atoms with Gasteiger partial charge in [0.05, 0.1) is 12.8 Å². The van der Waals surface area contributed by atoms with Crippen LogP contribution in [-0.2, 0) is 0 Å². The number of urea groups is 1. The van der Waals surface area contributed by atoms with Crippen molar-refractivity contribution >= 4 is 11.7 Å². The highest BCUT2D eigenvalue weighted by molar-refractivity contribution is 5.91. The molecule has 1 fully saturated rings. The topological polar surface area (TPSA) is 50.4 Å². The van der Waals surface area contributed by atoms with Gasteiger partial charge in [-0.15, -0.1) is 0 Å². The number of benzene rings is 1. The molecule has 0 saturated heterocycles. The van der Waals surface area contributed by atoms with Gasteiger partial charge in [-0.05, 0) is 43.9 Å². The maximum absolute atomic E-state index is 12.0. The third kappa shape index (κ3) is 3.40. The van der Waals surface area contributed by atoms with E-state index in [0.717, 1.165) is 35.4 Å². The van der Waals surface area contributed by atoms with Gasteiger partial charge in [0.1, 0.15) is 5.75 Å². The molecule has 0 heterocycles. The van der Waals surface area contributed by atoms with E-state index >= 15 is 0 Å². The fraction of sp³-hybridized carbons (Fsp3) is 0.533. The molecule has 0 spiro atoms. The molecule has 0 aliphatic heterocycles. The monoisotopic (exact) mass is 262 g/mol. The van der Waals surface area contributed by atoms with E-state index in [9.17, 15) is 4.79 Å². The zero-order chi connectivity index (χ0) is 13.8. The molecule has 1 aromatic rings. The van der Waals surface area contributed by atoms with E-state index in [1.807, 2.05) is 26.0 Å². The van der Waals surface area contributed by atoms with Crippen LogP contribution in [-0.4, -0.2) is 19.2 Å². The van der Waals surface area contributed by atoms with Crippen LogP contribution < -0.4 is 15.4 Å². The second-order valence-electron chi connectivity index (χ2n) is 5.24. The third-order valence-corrected chi connectivity index (χ3v) is 3.56. The van der Waals surface area contributed by atoms with E-state index in [-0.39, 0.29) is 6.03 Å². The second kappa shape index (κ2) is 5.95. The van der Waals surface area contributed by atoms with Crippen molar-refractivity contribution in [2.45, 2.75) is 45.6 Å². The molecular weight excluding hydrogens is 240 g/mol. The number of anilines is 1. The summed E-state index contributed by atoms with van der Waals surface area (Å²) in [7, 11) is 1.62. The summed E-state index contributed by atoms with van der Waals surface area (Å²) in [5.74, 6) is 0.729. The first-order valence-corrected chi connectivity index (χ1v) is 6.83. The SMILES string of the molecule is COc1c(C)cc(C)cc1NC(=O)NC1CCCC1. The number of hydrogen-bond acceptors (Lipinski definition) is 2. The van der Waals surface area contributed by atoms with Crippen molar-refractivity contribution in [3.05, 3.63) is 23.3 Å². The molecule has 1 aliphatic rings. The van der Waals surface area contributed by atoms with Crippen LogP contribution in [0.25, 0.3) is 0 Å². The molecule has 1 aromatic carbocycles. The van der Waals surface area contributed by atoms with Crippen molar-refractivity contribution < 1.29 is 9.53 Å². The minimum Gasteiger partial charge on any atom is -0.494 e. The van der Waals surface area contributed by atoms with E-state index in [2.05, 4.69) is 10.6 Å². The zero-order valence-electron chi connectivity index (χ0n) is 11.9.